The topological polar surface area (TPSA) is 81.5 Å². The molecular weight excluding hydrogens is 408 g/mol. The van der Waals surface area contributed by atoms with Gasteiger partial charge in [0.25, 0.3) is 0 Å². The van der Waals surface area contributed by atoms with Crippen LogP contribution in [-0.4, -0.2) is 28.7 Å². The minimum absolute atomic E-state index is 0.0304. The normalized spacial score (nSPS) is 23.7. The zero-order valence-corrected chi connectivity index (χ0v) is 19.6. The second-order valence-corrected chi connectivity index (χ2v) is 10.8. The zero-order valence-electron chi connectivity index (χ0n) is 18.8. The van der Waals surface area contributed by atoms with Gasteiger partial charge in [-0.15, -0.1) is 11.3 Å². The molecule has 2 aliphatic carbocycles. The number of nitrogens with one attached hydrogen (secondary N) is 1. The quantitative estimate of drug-likeness (QED) is 0.462. The Hall–Kier alpha value is -2.39. The molecule has 0 unspecified atom stereocenters. The Balaban J connectivity index is 2.03. The fourth-order valence-electron chi connectivity index (χ4n) is 4.07. The smallest absolute Gasteiger partial charge is 0.348 e. The lowest BCUT2D eigenvalue weighted by Crippen LogP contribution is -2.46. The first kappa shape index (κ1) is 23.3. The minimum atomic E-state index is -1.03. The van der Waals surface area contributed by atoms with E-state index < -0.39 is 5.97 Å². The molecule has 5 nitrogen and oxygen atoms in total. The molecule has 1 heterocycles. The van der Waals surface area contributed by atoms with Crippen molar-refractivity contribution in [3.05, 3.63) is 28.0 Å². The number of nitrogens with zero attached hydrogens (tertiary/aromatic N) is 1. The molecule has 1 fully saturated rings. The highest BCUT2D eigenvalue weighted by atomic mass is 32.1. The largest absolute Gasteiger partial charge is 0.477 e. The SMILES string of the molecule is C[C@H]1C=C[C@H](C(=O)N(c2cc(C#CC(C)(C)C)sc2C(=O)O)C2CCC(=N)CC2)CC1. The number of hydrogen-bond acceptors (Lipinski definition) is 4. The maximum atomic E-state index is 13.7. The second kappa shape index (κ2) is 9.40. The standard InChI is InChI=1S/C25H32N2O3S/c1-16-5-7-17(8-6-16)23(28)27(19-11-9-18(26)10-12-19)21-15-20(13-14-25(2,3)4)31-22(21)24(29)30/h5,7,15-17,19,26H,6,8-12H2,1-4H3,(H,29,30)/t16-,17-,19?/m0/s1. The highest BCUT2D eigenvalue weighted by Crippen LogP contribution is 2.37. The molecule has 6 heteroatoms. The molecule has 166 valence electrons. The summed E-state index contributed by atoms with van der Waals surface area (Å²) in [7, 11) is 0. The number of anilines is 1. The average molecular weight is 441 g/mol. The number of aromatic carboxylic acids is 1. The van der Waals surface area contributed by atoms with Crippen molar-refractivity contribution in [3.63, 3.8) is 0 Å². The highest BCUT2D eigenvalue weighted by Gasteiger charge is 2.35. The van der Waals surface area contributed by atoms with Gasteiger partial charge in [0.05, 0.1) is 16.5 Å². The Kier molecular flexibility index (Phi) is 7.06. The molecule has 2 aliphatic rings. The van der Waals surface area contributed by atoms with Crippen LogP contribution >= 0.6 is 11.3 Å². The molecule has 3 rings (SSSR count). The summed E-state index contributed by atoms with van der Waals surface area (Å²) in [5.74, 6) is 5.44. The molecule has 0 bridgehead atoms. The van der Waals surface area contributed by atoms with E-state index >= 15 is 0 Å². The number of amides is 1. The Labute approximate surface area is 189 Å². The number of carbonyl (C=O) groups excluding carboxylic acids is 1. The van der Waals surface area contributed by atoms with Gasteiger partial charge in [-0.3, -0.25) is 4.79 Å². The molecule has 2 atom stereocenters. The molecule has 0 aromatic carbocycles. The zero-order chi connectivity index (χ0) is 22.8. The van der Waals surface area contributed by atoms with Gasteiger partial charge in [-0.2, -0.15) is 0 Å². The summed E-state index contributed by atoms with van der Waals surface area (Å²) >= 11 is 1.14. The number of hydrogen-bond donors (Lipinski definition) is 2. The molecule has 1 saturated carbocycles. The lowest BCUT2D eigenvalue weighted by Gasteiger charge is -2.37. The number of carboxylic acid groups (broad SMARTS) is 1. The van der Waals surface area contributed by atoms with E-state index in [0.29, 0.717) is 47.9 Å². The molecule has 0 saturated heterocycles. The Bertz CT molecular complexity index is 948. The van der Waals surface area contributed by atoms with Gasteiger partial charge >= 0.3 is 5.97 Å². The van der Waals surface area contributed by atoms with Crippen LogP contribution in [0.25, 0.3) is 0 Å². The van der Waals surface area contributed by atoms with Crippen molar-refractivity contribution in [1.82, 2.24) is 0 Å². The number of carbonyl (C=O) groups is 2. The van der Waals surface area contributed by atoms with Crippen LogP contribution in [0.3, 0.4) is 0 Å². The molecular formula is C25H32N2O3S. The van der Waals surface area contributed by atoms with Crippen LogP contribution in [0.1, 0.15) is 80.8 Å². The van der Waals surface area contributed by atoms with E-state index in [9.17, 15) is 14.7 Å². The average Bonchev–Trinajstić information content (AvgIpc) is 3.12. The molecule has 0 spiro atoms. The van der Waals surface area contributed by atoms with Gasteiger partial charge in [0.1, 0.15) is 4.88 Å². The summed E-state index contributed by atoms with van der Waals surface area (Å²) in [6.07, 6.45) is 8.48. The predicted octanol–water partition coefficient (Wildman–Crippen LogP) is 5.74. The fraction of sp³-hybridized carbons (Fsp3) is 0.560. The van der Waals surface area contributed by atoms with E-state index in [1.165, 1.54) is 0 Å². The van der Waals surface area contributed by atoms with Crippen molar-refractivity contribution in [1.29, 1.82) is 5.41 Å². The van der Waals surface area contributed by atoms with Crippen molar-refractivity contribution in [2.75, 3.05) is 4.90 Å². The van der Waals surface area contributed by atoms with Crippen LogP contribution in [0, 0.1) is 34.5 Å². The molecule has 31 heavy (non-hydrogen) atoms. The van der Waals surface area contributed by atoms with E-state index in [1.807, 2.05) is 26.8 Å². The van der Waals surface area contributed by atoms with Crippen molar-refractivity contribution in [3.8, 4) is 11.8 Å². The first-order chi connectivity index (χ1) is 14.5. The molecule has 2 N–H and O–H groups in total. The van der Waals surface area contributed by atoms with Crippen molar-refractivity contribution >= 4 is 34.6 Å². The minimum Gasteiger partial charge on any atom is -0.477 e. The highest BCUT2D eigenvalue weighted by molar-refractivity contribution is 7.15. The predicted molar refractivity (Wildman–Crippen MR) is 126 cm³/mol. The van der Waals surface area contributed by atoms with Crippen molar-refractivity contribution in [2.24, 2.45) is 17.3 Å². The third-order valence-corrected chi connectivity index (χ3v) is 6.84. The van der Waals surface area contributed by atoms with Gasteiger partial charge in [0.15, 0.2) is 0 Å². The van der Waals surface area contributed by atoms with Crippen LogP contribution in [0.5, 0.6) is 0 Å². The van der Waals surface area contributed by atoms with E-state index in [-0.39, 0.29) is 28.2 Å². The summed E-state index contributed by atoms with van der Waals surface area (Å²) in [5, 5.41) is 17.9. The second-order valence-electron chi connectivity index (χ2n) is 9.72. The summed E-state index contributed by atoms with van der Waals surface area (Å²) in [6, 6.07) is 1.69. The molecule has 1 amide bonds. The van der Waals surface area contributed by atoms with Gasteiger partial charge in [-0.25, -0.2) is 4.79 Å². The maximum Gasteiger partial charge on any atom is 0.348 e. The lowest BCUT2D eigenvalue weighted by molar-refractivity contribution is -0.122. The van der Waals surface area contributed by atoms with Gasteiger partial charge < -0.3 is 15.4 Å². The van der Waals surface area contributed by atoms with Gasteiger partial charge in [-0.05, 0) is 71.3 Å². The lowest BCUT2D eigenvalue weighted by atomic mass is 9.86. The fourth-order valence-corrected chi connectivity index (χ4v) is 4.91. The van der Waals surface area contributed by atoms with E-state index in [0.717, 1.165) is 24.2 Å². The van der Waals surface area contributed by atoms with E-state index in [4.69, 9.17) is 5.41 Å². The van der Waals surface area contributed by atoms with Crippen LogP contribution in [0.4, 0.5) is 5.69 Å². The molecule has 1 aromatic heterocycles. The van der Waals surface area contributed by atoms with E-state index in [1.54, 1.807) is 11.0 Å². The number of carboxylic acids is 1. The Morgan fingerprint density at radius 2 is 1.84 bits per heavy atom. The van der Waals surface area contributed by atoms with Crippen LogP contribution in [-0.2, 0) is 4.79 Å². The molecule has 1 aromatic rings. The summed E-state index contributed by atoms with van der Waals surface area (Å²) < 4.78 is 0. The van der Waals surface area contributed by atoms with Crippen LogP contribution in [0.2, 0.25) is 0 Å². The van der Waals surface area contributed by atoms with Gasteiger partial charge in [-0.1, -0.05) is 30.9 Å². The summed E-state index contributed by atoms with van der Waals surface area (Å²) in [6.45, 7) is 8.17. The number of rotatable bonds is 4. The van der Waals surface area contributed by atoms with Crippen molar-refractivity contribution < 1.29 is 14.7 Å². The maximum absolute atomic E-state index is 13.7. The van der Waals surface area contributed by atoms with Crippen LogP contribution in [0.15, 0.2) is 18.2 Å². The first-order valence-electron chi connectivity index (χ1n) is 11.0. The van der Waals surface area contributed by atoms with Gasteiger partial charge in [0.2, 0.25) is 5.91 Å². The Morgan fingerprint density at radius 1 is 1.16 bits per heavy atom. The Morgan fingerprint density at radius 3 is 2.39 bits per heavy atom. The monoisotopic (exact) mass is 440 g/mol. The summed E-state index contributed by atoms with van der Waals surface area (Å²) in [4.78, 5) is 28.3. The first-order valence-corrected chi connectivity index (χ1v) is 11.8. The van der Waals surface area contributed by atoms with Gasteiger partial charge in [0, 0.05) is 17.2 Å². The molecule has 0 aliphatic heterocycles. The number of allylic oxidation sites excluding steroid dienone is 1. The molecule has 0 radical (unpaired) electrons. The third-order valence-electron chi connectivity index (χ3n) is 5.81. The van der Waals surface area contributed by atoms with Crippen molar-refractivity contribution in [2.45, 2.75) is 72.3 Å². The third kappa shape index (κ3) is 5.86. The van der Waals surface area contributed by atoms with E-state index in [2.05, 4.69) is 24.8 Å². The van der Waals surface area contributed by atoms with Crippen LogP contribution < -0.4 is 4.90 Å². The summed E-state index contributed by atoms with van der Waals surface area (Å²) in [5.41, 5.74) is 0.970. The number of thiophene rings is 1.